The summed E-state index contributed by atoms with van der Waals surface area (Å²) in [7, 11) is 0. The molecule has 1 aromatic carbocycles. The Kier molecular flexibility index (Phi) is 5.89. The van der Waals surface area contributed by atoms with Gasteiger partial charge in [0.15, 0.2) is 5.82 Å². The summed E-state index contributed by atoms with van der Waals surface area (Å²) in [5.41, 5.74) is 7.38. The molecule has 0 unspecified atom stereocenters. The number of hydrogen-bond acceptors (Lipinski definition) is 6. The van der Waals surface area contributed by atoms with Gasteiger partial charge in [0, 0.05) is 53.9 Å². The number of aromatic nitrogens is 5. The van der Waals surface area contributed by atoms with Gasteiger partial charge in [-0.15, -0.1) is 0 Å². The van der Waals surface area contributed by atoms with Crippen molar-refractivity contribution in [2.75, 3.05) is 13.2 Å². The Morgan fingerprint density at radius 1 is 0.909 bits per heavy atom. The summed E-state index contributed by atoms with van der Waals surface area (Å²) in [5.74, 6) is 0.575. The first-order valence-electron chi connectivity index (χ1n) is 10.9. The molecule has 0 atom stereocenters. The van der Waals surface area contributed by atoms with Crippen LogP contribution in [-0.4, -0.2) is 43.2 Å². The van der Waals surface area contributed by atoms with Crippen molar-refractivity contribution >= 4 is 11.0 Å². The molecule has 7 nitrogen and oxygen atoms in total. The normalized spacial score (nSPS) is 11.2. The highest BCUT2D eigenvalue weighted by atomic mass is 16.3. The van der Waals surface area contributed by atoms with Crippen molar-refractivity contribution in [3.05, 3.63) is 84.4 Å². The van der Waals surface area contributed by atoms with Crippen LogP contribution in [0.3, 0.4) is 0 Å². The van der Waals surface area contributed by atoms with Gasteiger partial charge in [-0.2, -0.15) is 0 Å². The van der Waals surface area contributed by atoms with E-state index in [1.54, 1.807) is 0 Å². The fraction of sp³-hybridized carbons (Fsp3) is 0.154. The number of benzene rings is 1. The Bertz CT molecular complexity index is 1410. The van der Waals surface area contributed by atoms with Crippen molar-refractivity contribution in [3.8, 4) is 33.9 Å². The van der Waals surface area contributed by atoms with E-state index in [0.29, 0.717) is 18.9 Å². The average Bonchev–Trinajstić information content (AvgIpc) is 3.33. The summed E-state index contributed by atoms with van der Waals surface area (Å²) in [6, 6.07) is 18.3. The van der Waals surface area contributed by atoms with Gasteiger partial charge in [-0.3, -0.25) is 4.98 Å². The van der Waals surface area contributed by atoms with Crippen LogP contribution in [0, 0.1) is 6.92 Å². The van der Waals surface area contributed by atoms with Gasteiger partial charge in [-0.1, -0.05) is 24.3 Å². The number of H-pyrrole nitrogens is 1. The monoisotopic (exact) mass is 436 g/mol. The van der Waals surface area contributed by atoms with Gasteiger partial charge in [0.1, 0.15) is 11.3 Å². The zero-order chi connectivity index (χ0) is 22.6. The van der Waals surface area contributed by atoms with Crippen molar-refractivity contribution in [1.29, 1.82) is 0 Å². The summed E-state index contributed by atoms with van der Waals surface area (Å²) >= 11 is 0. The third-order valence-corrected chi connectivity index (χ3v) is 5.42. The molecule has 4 aromatic heterocycles. The van der Waals surface area contributed by atoms with Gasteiger partial charge >= 0.3 is 0 Å². The molecule has 3 N–H and O–H groups in total. The first-order chi connectivity index (χ1) is 16.2. The van der Waals surface area contributed by atoms with Crippen molar-refractivity contribution < 1.29 is 5.11 Å². The Balaban J connectivity index is 1.56. The van der Waals surface area contributed by atoms with Gasteiger partial charge < -0.3 is 15.4 Å². The quantitative estimate of drug-likeness (QED) is 0.332. The van der Waals surface area contributed by atoms with E-state index in [1.807, 2.05) is 55.8 Å². The number of aromatic amines is 1. The van der Waals surface area contributed by atoms with Crippen molar-refractivity contribution in [3.63, 3.8) is 0 Å². The lowest BCUT2D eigenvalue weighted by atomic mass is 10.0. The van der Waals surface area contributed by atoms with Gasteiger partial charge in [0.25, 0.3) is 0 Å². The zero-order valence-corrected chi connectivity index (χ0v) is 18.3. The summed E-state index contributed by atoms with van der Waals surface area (Å²) < 4.78 is 0. The lowest BCUT2D eigenvalue weighted by Crippen LogP contribution is -2.17. The van der Waals surface area contributed by atoms with E-state index in [9.17, 15) is 0 Å². The molecule has 0 aliphatic heterocycles. The van der Waals surface area contributed by atoms with E-state index >= 15 is 0 Å². The standard InChI is InChI=1S/C26H24N6O/c1-17-4-2-7-23(30-17)26-31-24(22-8-9-29-25(22)32-26)21-13-20(15-28-16-21)19-6-3-5-18(12-19)14-27-10-11-33/h2-9,12-13,15-16,27,33H,10-11,14H2,1H3,(H,29,31,32). The summed E-state index contributed by atoms with van der Waals surface area (Å²) in [5, 5.41) is 13.1. The molecule has 5 rings (SSSR count). The molecule has 5 aromatic rings. The number of pyridine rings is 2. The SMILES string of the molecule is Cc1cccc(-c2nc(-c3cncc(-c4cccc(CNCCO)c4)c3)c3cc[nH]c3n2)n1. The van der Waals surface area contributed by atoms with Crippen molar-refractivity contribution in [2.24, 2.45) is 0 Å². The van der Waals surface area contributed by atoms with Crippen LogP contribution in [0.25, 0.3) is 44.9 Å². The van der Waals surface area contributed by atoms with Crippen LogP contribution in [-0.2, 0) is 6.54 Å². The molecule has 0 bridgehead atoms. The lowest BCUT2D eigenvalue weighted by Gasteiger charge is -2.10. The average molecular weight is 437 g/mol. The molecule has 0 aliphatic rings. The molecule has 0 fully saturated rings. The zero-order valence-electron chi connectivity index (χ0n) is 18.3. The van der Waals surface area contributed by atoms with Crippen molar-refractivity contribution in [2.45, 2.75) is 13.5 Å². The van der Waals surface area contributed by atoms with E-state index in [0.717, 1.165) is 50.4 Å². The Morgan fingerprint density at radius 2 is 1.79 bits per heavy atom. The van der Waals surface area contributed by atoms with E-state index in [4.69, 9.17) is 10.1 Å². The van der Waals surface area contributed by atoms with Gasteiger partial charge in [0.05, 0.1) is 12.3 Å². The number of nitrogens with one attached hydrogen (secondary N) is 2. The second kappa shape index (κ2) is 9.28. The lowest BCUT2D eigenvalue weighted by molar-refractivity contribution is 0.292. The van der Waals surface area contributed by atoms with Gasteiger partial charge in [0.2, 0.25) is 0 Å². The minimum atomic E-state index is 0.123. The van der Waals surface area contributed by atoms with Gasteiger partial charge in [-0.05, 0) is 48.4 Å². The smallest absolute Gasteiger partial charge is 0.180 e. The molecular formula is C26H24N6O. The molecule has 4 heterocycles. The highest BCUT2D eigenvalue weighted by Gasteiger charge is 2.14. The van der Waals surface area contributed by atoms with Crippen LogP contribution in [0.15, 0.2) is 73.2 Å². The fourth-order valence-corrected chi connectivity index (χ4v) is 3.84. The first kappa shape index (κ1) is 20.9. The van der Waals surface area contributed by atoms with E-state index in [2.05, 4.69) is 49.5 Å². The molecular weight excluding hydrogens is 412 g/mol. The van der Waals surface area contributed by atoms with Crippen LogP contribution < -0.4 is 5.32 Å². The molecule has 33 heavy (non-hydrogen) atoms. The number of aliphatic hydroxyl groups is 1. The Labute approximate surface area is 191 Å². The van der Waals surface area contributed by atoms with Crippen LogP contribution >= 0.6 is 0 Å². The summed E-state index contributed by atoms with van der Waals surface area (Å²) in [6.07, 6.45) is 5.57. The molecule has 0 aliphatic carbocycles. The van der Waals surface area contributed by atoms with Gasteiger partial charge in [-0.25, -0.2) is 15.0 Å². The molecule has 0 spiro atoms. The highest BCUT2D eigenvalue weighted by molar-refractivity contribution is 5.92. The number of aryl methyl sites for hydroxylation is 1. The summed E-state index contributed by atoms with van der Waals surface area (Å²) in [4.78, 5) is 21.9. The minimum Gasteiger partial charge on any atom is -0.395 e. The number of fused-ring (bicyclic) bond motifs is 1. The third kappa shape index (κ3) is 4.50. The number of nitrogens with zero attached hydrogens (tertiary/aromatic N) is 4. The number of rotatable bonds is 7. The molecule has 0 saturated carbocycles. The molecule has 0 radical (unpaired) electrons. The Hall–Kier alpha value is -3.94. The maximum Gasteiger partial charge on any atom is 0.180 e. The van der Waals surface area contributed by atoms with Crippen LogP contribution in [0.1, 0.15) is 11.3 Å². The highest BCUT2D eigenvalue weighted by Crippen LogP contribution is 2.30. The maximum absolute atomic E-state index is 8.99. The van der Waals surface area contributed by atoms with E-state index < -0.39 is 0 Å². The number of hydrogen-bond donors (Lipinski definition) is 3. The van der Waals surface area contributed by atoms with Crippen molar-refractivity contribution in [1.82, 2.24) is 30.2 Å². The Morgan fingerprint density at radius 3 is 2.67 bits per heavy atom. The maximum atomic E-state index is 8.99. The predicted octanol–water partition coefficient (Wildman–Crippen LogP) is 4.14. The third-order valence-electron chi connectivity index (χ3n) is 5.42. The predicted molar refractivity (Wildman–Crippen MR) is 129 cm³/mol. The molecule has 0 amide bonds. The van der Waals surface area contributed by atoms with Crippen LogP contribution in [0.5, 0.6) is 0 Å². The minimum absolute atomic E-state index is 0.123. The fourth-order valence-electron chi connectivity index (χ4n) is 3.84. The second-order valence-corrected chi connectivity index (χ2v) is 7.86. The number of aliphatic hydroxyl groups excluding tert-OH is 1. The van der Waals surface area contributed by atoms with Crippen LogP contribution in [0.4, 0.5) is 0 Å². The molecule has 0 saturated heterocycles. The van der Waals surface area contributed by atoms with E-state index in [-0.39, 0.29) is 6.61 Å². The van der Waals surface area contributed by atoms with E-state index in [1.165, 1.54) is 0 Å². The molecule has 7 heteroatoms. The topological polar surface area (TPSA) is 99.6 Å². The molecule has 164 valence electrons. The second-order valence-electron chi connectivity index (χ2n) is 7.86. The largest absolute Gasteiger partial charge is 0.395 e. The summed E-state index contributed by atoms with van der Waals surface area (Å²) in [6.45, 7) is 3.35. The first-order valence-corrected chi connectivity index (χ1v) is 10.9. The van der Waals surface area contributed by atoms with Crippen LogP contribution in [0.2, 0.25) is 0 Å².